The lowest BCUT2D eigenvalue weighted by Gasteiger charge is -2.30. The molecule has 3 heterocycles. The van der Waals surface area contributed by atoms with Crippen LogP contribution in [0.2, 0.25) is 0 Å². The zero-order valence-corrected chi connectivity index (χ0v) is 24.3. The Morgan fingerprint density at radius 3 is 1.95 bits per heavy atom. The van der Waals surface area contributed by atoms with E-state index in [1.54, 1.807) is 0 Å². The first-order valence-corrected chi connectivity index (χ1v) is 14.8. The van der Waals surface area contributed by atoms with Crippen LogP contribution < -0.4 is 14.4 Å². The molecule has 0 fully saturated rings. The van der Waals surface area contributed by atoms with Crippen LogP contribution in [-0.2, 0) is 6.54 Å². The van der Waals surface area contributed by atoms with Gasteiger partial charge in [0, 0.05) is 59.5 Å². The normalized spacial score (nSPS) is 16.5. The van der Waals surface area contributed by atoms with Gasteiger partial charge in [0.25, 0.3) is 0 Å². The van der Waals surface area contributed by atoms with Crippen LogP contribution in [-0.4, -0.2) is 13.1 Å². The van der Waals surface area contributed by atoms with E-state index in [9.17, 15) is 0 Å². The van der Waals surface area contributed by atoms with E-state index in [0.717, 1.165) is 26.1 Å². The third-order valence-corrected chi connectivity index (χ3v) is 8.08. The molecule has 41 heavy (non-hydrogen) atoms. The van der Waals surface area contributed by atoms with Gasteiger partial charge in [0.1, 0.15) is 6.54 Å². The Labute approximate surface area is 244 Å². The maximum Gasteiger partial charge on any atom is 0.212 e. The largest absolute Gasteiger partial charge is 0.342 e. The van der Waals surface area contributed by atoms with Gasteiger partial charge in [0.2, 0.25) is 11.2 Å². The molecule has 0 N–H and O–H groups in total. The lowest BCUT2D eigenvalue weighted by Crippen LogP contribution is -2.36. The van der Waals surface area contributed by atoms with E-state index in [-0.39, 0.29) is 0 Å². The maximum atomic E-state index is 2.42. The summed E-state index contributed by atoms with van der Waals surface area (Å²) in [5.41, 5.74) is 11.3. The first-order chi connectivity index (χ1) is 20.2. The number of aromatic nitrogens is 1. The molecule has 0 bridgehead atoms. The molecule has 4 aromatic rings. The van der Waals surface area contributed by atoms with E-state index in [4.69, 9.17) is 0 Å². The van der Waals surface area contributed by atoms with Crippen LogP contribution in [0.3, 0.4) is 0 Å². The third kappa shape index (κ3) is 5.28. The van der Waals surface area contributed by atoms with Gasteiger partial charge in [-0.3, -0.25) is 0 Å². The molecule has 2 aliphatic rings. The van der Waals surface area contributed by atoms with Crippen LogP contribution in [0, 0.1) is 0 Å². The molecule has 3 heteroatoms. The van der Waals surface area contributed by atoms with Crippen molar-refractivity contribution in [2.24, 2.45) is 0 Å². The molecule has 6 rings (SSSR count). The number of anilines is 2. The van der Waals surface area contributed by atoms with Crippen LogP contribution in [0.25, 0.3) is 29.1 Å². The second kappa shape index (κ2) is 11.9. The predicted molar refractivity (Wildman–Crippen MR) is 176 cm³/mol. The van der Waals surface area contributed by atoms with Crippen molar-refractivity contribution in [3.63, 3.8) is 0 Å². The van der Waals surface area contributed by atoms with Gasteiger partial charge in [-0.15, -0.1) is 0 Å². The van der Waals surface area contributed by atoms with Crippen molar-refractivity contribution in [2.45, 2.75) is 33.7 Å². The number of fused-ring (bicyclic) bond motifs is 3. The Hall–Kier alpha value is -4.63. The third-order valence-electron chi connectivity index (χ3n) is 8.08. The Kier molecular flexibility index (Phi) is 7.69. The molecule has 3 aromatic carbocycles. The van der Waals surface area contributed by atoms with Crippen molar-refractivity contribution in [3.8, 4) is 0 Å². The fourth-order valence-corrected chi connectivity index (χ4v) is 6.09. The molecule has 0 amide bonds. The Morgan fingerprint density at radius 2 is 1.27 bits per heavy atom. The van der Waals surface area contributed by atoms with Gasteiger partial charge >= 0.3 is 0 Å². The van der Waals surface area contributed by atoms with Crippen LogP contribution in [0.4, 0.5) is 11.4 Å². The lowest BCUT2D eigenvalue weighted by atomic mass is 10.0. The van der Waals surface area contributed by atoms with Crippen molar-refractivity contribution in [1.82, 2.24) is 0 Å². The molecule has 0 unspecified atom stereocenters. The summed E-state index contributed by atoms with van der Waals surface area (Å²) in [4.78, 5) is 4.83. The number of benzene rings is 3. The first kappa shape index (κ1) is 26.6. The number of allylic oxidation sites excluding steroid dienone is 5. The molecule has 204 valence electrons. The molecular weight excluding hydrogens is 498 g/mol. The van der Waals surface area contributed by atoms with Crippen molar-refractivity contribution in [3.05, 3.63) is 143 Å². The summed E-state index contributed by atoms with van der Waals surface area (Å²) in [6, 6.07) is 30.5. The minimum absolute atomic E-state index is 0.825. The van der Waals surface area contributed by atoms with Crippen LogP contribution in [0.15, 0.2) is 126 Å². The minimum atomic E-state index is 0.825. The van der Waals surface area contributed by atoms with Gasteiger partial charge in [-0.05, 0) is 86.4 Å². The summed E-state index contributed by atoms with van der Waals surface area (Å²) in [6.07, 6.45) is 17.0. The summed E-state index contributed by atoms with van der Waals surface area (Å²) in [5.74, 6) is 0. The van der Waals surface area contributed by atoms with Crippen LogP contribution in [0.1, 0.15) is 44.0 Å². The zero-order chi connectivity index (χ0) is 28.2. The lowest BCUT2D eigenvalue weighted by molar-refractivity contribution is -0.669. The Bertz CT molecular complexity index is 1730. The van der Waals surface area contributed by atoms with E-state index in [1.807, 2.05) is 0 Å². The average Bonchev–Trinajstić information content (AvgIpc) is 3.03. The number of hydrogen-bond donors (Lipinski definition) is 0. The predicted octanol–water partition coefficient (Wildman–Crippen LogP) is 8.80. The molecule has 0 saturated carbocycles. The van der Waals surface area contributed by atoms with Gasteiger partial charge in [0.15, 0.2) is 0 Å². The number of aryl methyl sites for hydroxylation is 1. The molecule has 2 aliphatic heterocycles. The van der Waals surface area contributed by atoms with E-state index in [1.165, 1.54) is 56.1 Å². The number of para-hydroxylation sites is 3. The van der Waals surface area contributed by atoms with E-state index < -0.39 is 0 Å². The molecular formula is C38H38N3+. The van der Waals surface area contributed by atoms with Crippen molar-refractivity contribution in [2.75, 3.05) is 22.9 Å². The SMILES string of the molecule is CCN1C(=CC(=Cc2ccc3ccccc3[n+]2CC)C/C=C2/C=Cc3ccccc3N2CC)C=Cc2ccccc21. The molecule has 0 aliphatic carbocycles. The van der Waals surface area contributed by atoms with Gasteiger partial charge < -0.3 is 9.80 Å². The molecule has 0 spiro atoms. The van der Waals surface area contributed by atoms with Gasteiger partial charge in [0.05, 0.1) is 0 Å². The smallest absolute Gasteiger partial charge is 0.212 e. The van der Waals surface area contributed by atoms with Gasteiger partial charge in [-0.2, -0.15) is 4.57 Å². The van der Waals surface area contributed by atoms with E-state index in [0.29, 0.717) is 0 Å². The highest BCUT2D eigenvalue weighted by atomic mass is 15.1. The fourth-order valence-electron chi connectivity index (χ4n) is 6.09. The highest BCUT2D eigenvalue weighted by Gasteiger charge is 2.19. The maximum absolute atomic E-state index is 2.42. The molecule has 1 aromatic heterocycles. The van der Waals surface area contributed by atoms with E-state index in [2.05, 4.69) is 163 Å². The zero-order valence-electron chi connectivity index (χ0n) is 24.3. The standard InChI is InChI=1S/C38H38N3/c1-4-39-33(24-20-30-13-7-10-16-36(30)39)23-19-29(27-34-25-21-31-14-8-11-17-37(31)40(34)5-2)28-35-26-22-32-15-9-12-18-38(32)41(35)6-3/h7-18,20-28H,4-6,19H2,1-3H3/q+1/b33-23-. The summed E-state index contributed by atoms with van der Waals surface area (Å²) in [7, 11) is 0. The topological polar surface area (TPSA) is 10.4 Å². The molecule has 3 nitrogen and oxygen atoms in total. The Balaban J connectivity index is 1.44. The number of pyridine rings is 1. The Morgan fingerprint density at radius 1 is 0.659 bits per heavy atom. The monoisotopic (exact) mass is 536 g/mol. The molecule has 0 saturated heterocycles. The molecule has 0 radical (unpaired) electrons. The summed E-state index contributed by atoms with van der Waals surface area (Å²) in [6.45, 7) is 9.44. The number of likely N-dealkylation sites (N-methyl/N-ethyl adjacent to an activating group) is 2. The number of rotatable bonds is 7. The van der Waals surface area contributed by atoms with Crippen LogP contribution >= 0.6 is 0 Å². The van der Waals surface area contributed by atoms with Crippen molar-refractivity contribution in [1.29, 1.82) is 0 Å². The summed E-state index contributed by atoms with van der Waals surface area (Å²) < 4.78 is 2.42. The van der Waals surface area contributed by atoms with E-state index >= 15 is 0 Å². The second-order valence-corrected chi connectivity index (χ2v) is 10.5. The van der Waals surface area contributed by atoms with Gasteiger partial charge in [-0.25, -0.2) is 0 Å². The van der Waals surface area contributed by atoms with Gasteiger partial charge in [-0.1, -0.05) is 66.8 Å². The quantitative estimate of drug-likeness (QED) is 0.219. The number of nitrogens with zero attached hydrogens (tertiary/aromatic N) is 3. The van der Waals surface area contributed by atoms with Crippen molar-refractivity contribution < 1.29 is 4.57 Å². The number of hydrogen-bond acceptors (Lipinski definition) is 2. The average molecular weight is 537 g/mol. The van der Waals surface area contributed by atoms with Crippen LogP contribution in [0.5, 0.6) is 0 Å². The highest BCUT2D eigenvalue weighted by molar-refractivity contribution is 5.79. The summed E-state index contributed by atoms with van der Waals surface area (Å²) >= 11 is 0. The fraction of sp³-hybridized carbons (Fsp3) is 0.184. The molecule has 0 atom stereocenters. The second-order valence-electron chi connectivity index (χ2n) is 10.5. The minimum Gasteiger partial charge on any atom is -0.342 e. The van der Waals surface area contributed by atoms with Crippen molar-refractivity contribution >= 4 is 40.5 Å². The first-order valence-electron chi connectivity index (χ1n) is 14.8. The highest BCUT2D eigenvalue weighted by Crippen LogP contribution is 2.33. The summed E-state index contributed by atoms with van der Waals surface area (Å²) in [5, 5.41) is 1.27.